The lowest BCUT2D eigenvalue weighted by Gasteiger charge is -2.32. The highest BCUT2D eigenvalue weighted by molar-refractivity contribution is 7.99. The van der Waals surface area contributed by atoms with Gasteiger partial charge < -0.3 is 25.0 Å². The predicted molar refractivity (Wildman–Crippen MR) is 225 cm³/mol. The molecule has 3 N–H and O–H groups in total. The summed E-state index contributed by atoms with van der Waals surface area (Å²) < 4.78 is 26.7. The Labute approximate surface area is 352 Å². The van der Waals surface area contributed by atoms with Gasteiger partial charge in [-0.3, -0.25) is 29.4 Å². The normalized spacial score (nSPS) is 17.2. The monoisotopic (exact) mass is 845 g/mol. The SMILES string of the molecule is COc1cc2ncnc(Nc3cccc(Cl)c3F)c2cc1OC1CCN(CC(=O)NCCCCCCCCSc2cccc3c2CN(C2CCC(=O)NC2=O)C3=O)CC1. The van der Waals surface area contributed by atoms with E-state index in [0.717, 1.165) is 80.7 Å². The van der Waals surface area contributed by atoms with Gasteiger partial charge in [-0.15, -0.1) is 11.8 Å². The number of carbonyl (C=O) groups is 4. The lowest BCUT2D eigenvalue weighted by Crippen LogP contribution is -2.52. The number of amides is 4. The Hall–Kier alpha value is -4.99. The molecule has 13 nitrogen and oxygen atoms in total. The van der Waals surface area contributed by atoms with Crippen molar-refractivity contribution in [3.63, 3.8) is 0 Å². The van der Waals surface area contributed by atoms with Crippen LogP contribution in [0.3, 0.4) is 0 Å². The Bertz CT molecular complexity index is 2190. The van der Waals surface area contributed by atoms with Gasteiger partial charge in [0.15, 0.2) is 17.3 Å². The highest BCUT2D eigenvalue weighted by atomic mass is 35.5. The third-order valence-electron chi connectivity index (χ3n) is 11.0. The molecule has 3 aliphatic rings. The first-order valence-electron chi connectivity index (χ1n) is 20.3. The first-order valence-corrected chi connectivity index (χ1v) is 21.6. The number of nitrogens with zero attached hydrogens (tertiary/aromatic N) is 4. The fourth-order valence-electron chi connectivity index (χ4n) is 7.80. The number of nitrogens with one attached hydrogen (secondary N) is 3. The minimum atomic E-state index is -0.605. The molecule has 2 fully saturated rings. The van der Waals surface area contributed by atoms with E-state index in [-0.39, 0.29) is 41.0 Å². The molecule has 7 rings (SSSR count). The quantitative estimate of drug-likeness (QED) is 0.0538. The number of methoxy groups -OCH3 is 1. The van der Waals surface area contributed by atoms with Crippen molar-refractivity contribution in [2.24, 2.45) is 0 Å². The van der Waals surface area contributed by atoms with Crippen LogP contribution >= 0.6 is 23.4 Å². The Morgan fingerprint density at radius 1 is 0.983 bits per heavy atom. The predicted octanol–water partition coefficient (Wildman–Crippen LogP) is 7.03. The molecule has 0 bridgehead atoms. The molecule has 3 aromatic carbocycles. The van der Waals surface area contributed by atoms with E-state index in [2.05, 4.69) is 30.8 Å². The number of piperidine rings is 2. The maximum atomic E-state index is 14.6. The number of halogens is 2. The molecule has 4 heterocycles. The van der Waals surface area contributed by atoms with E-state index < -0.39 is 17.8 Å². The van der Waals surface area contributed by atoms with Crippen LogP contribution < -0.4 is 25.4 Å². The van der Waals surface area contributed by atoms with Crippen LogP contribution in [0.25, 0.3) is 10.9 Å². The van der Waals surface area contributed by atoms with Gasteiger partial charge in [-0.2, -0.15) is 0 Å². The summed E-state index contributed by atoms with van der Waals surface area (Å²) in [6.07, 6.45) is 9.82. The fraction of sp³-hybridized carbons (Fsp3) is 0.442. The highest BCUT2D eigenvalue weighted by Crippen LogP contribution is 2.38. The number of hydrogen-bond acceptors (Lipinski definition) is 11. The van der Waals surface area contributed by atoms with E-state index in [4.69, 9.17) is 21.1 Å². The maximum Gasteiger partial charge on any atom is 0.255 e. The molecule has 1 atom stereocenters. The summed E-state index contributed by atoms with van der Waals surface area (Å²) in [5.41, 5.74) is 2.43. The zero-order valence-electron chi connectivity index (χ0n) is 33.1. The molecule has 4 amide bonds. The van der Waals surface area contributed by atoms with Crippen LogP contribution in [0.15, 0.2) is 59.8 Å². The average Bonchev–Trinajstić information content (AvgIpc) is 3.57. The first kappa shape index (κ1) is 42.1. The van der Waals surface area contributed by atoms with E-state index >= 15 is 0 Å². The second kappa shape index (κ2) is 19.8. The number of aromatic nitrogens is 2. The van der Waals surface area contributed by atoms with Crippen molar-refractivity contribution in [2.45, 2.75) is 87.8 Å². The average molecular weight is 846 g/mol. The van der Waals surface area contributed by atoms with Crippen LogP contribution in [0.2, 0.25) is 5.02 Å². The molecule has 0 radical (unpaired) electrons. The van der Waals surface area contributed by atoms with E-state index in [0.29, 0.717) is 59.8 Å². The van der Waals surface area contributed by atoms with Crippen LogP contribution in [0.5, 0.6) is 11.5 Å². The van der Waals surface area contributed by atoms with Crippen molar-refractivity contribution in [1.82, 2.24) is 30.4 Å². The Morgan fingerprint density at radius 3 is 2.56 bits per heavy atom. The number of fused-ring (bicyclic) bond motifs is 2. The van der Waals surface area contributed by atoms with Crippen molar-refractivity contribution in [3.05, 3.63) is 76.8 Å². The molecular weight excluding hydrogens is 797 g/mol. The van der Waals surface area contributed by atoms with Gasteiger partial charge in [0.2, 0.25) is 17.7 Å². The van der Waals surface area contributed by atoms with E-state index in [1.54, 1.807) is 48.0 Å². The molecule has 0 spiro atoms. The summed E-state index contributed by atoms with van der Waals surface area (Å²) in [5.74, 6) is 1.07. The van der Waals surface area contributed by atoms with Gasteiger partial charge in [-0.05, 0) is 73.8 Å². The minimum Gasteiger partial charge on any atom is -0.493 e. The van der Waals surface area contributed by atoms with Gasteiger partial charge in [-0.25, -0.2) is 14.4 Å². The van der Waals surface area contributed by atoms with Crippen molar-refractivity contribution < 1.29 is 33.0 Å². The summed E-state index contributed by atoms with van der Waals surface area (Å²) in [6, 6.07) is 13.5. The molecule has 2 saturated heterocycles. The number of ether oxygens (including phenoxy) is 2. The lowest BCUT2D eigenvalue weighted by molar-refractivity contribution is -0.137. The zero-order chi connectivity index (χ0) is 41.3. The molecule has 0 aliphatic carbocycles. The fourth-order valence-corrected chi connectivity index (χ4v) is 9.07. The first-order chi connectivity index (χ1) is 28.7. The van der Waals surface area contributed by atoms with Gasteiger partial charge in [0.1, 0.15) is 24.3 Å². The van der Waals surface area contributed by atoms with Crippen LogP contribution in [0.4, 0.5) is 15.9 Å². The van der Waals surface area contributed by atoms with Crippen molar-refractivity contribution >= 4 is 69.4 Å². The van der Waals surface area contributed by atoms with Crippen molar-refractivity contribution in [3.8, 4) is 11.5 Å². The van der Waals surface area contributed by atoms with Crippen molar-refractivity contribution in [1.29, 1.82) is 0 Å². The molecule has 59 heavy (non-hydrogen) atoms. The second-order valence-electron chi connectivity index (χ2n) is 15.1. The summed E-state index contributed by atoms with van der Waals surface area (Å²) in [4.78, 5) is 63.3. The molecule has 16 heteroatoms. The number of anilines is 2. The Balaban J connectivity index is 0.763. The standard InChI is InChI=1S/C43H49ClFN7O6S/c1-57-35-23-33-29(41(48-26-47-33)49-32-12-9-11-31(44)40(32)45)22-36(35)58-27-16-19-51(20-17-27)25-39(54)46-18-6-4-2-3-5-7-21-59-37-13-8-10-28-30(37)24-52(43(28)56)34-14-15-38(53)50-42(34)55/h8-13,22-23,26-27,34H,2-7,14-21,24-25H2,1H3,(H,46,54)(H,47,48,49)(H,50,53,55). The van der Waals surface area contributed by atoms with Crippen LogP contribution in [-0.2, 0) is 20.9 Å². The molecule has 3 aliphatic heterocycles. The number of imide groups is 1. The minimum absolute atomic E-state index is 0.00706. The number of thioether (sulfide) groups is 1. The van der Waals surface area contributed by atoms with Gasteiger partial charge >= 0.3 is 0 Å². The van der Waals surface area contributed by atoms with E-state index in [1.807, 2.05) is 18.2 Å². The maximum absolute atomic E-state index is 14.6. The molecule has 0 saturated carbocycles. The molecular formula is C43H49ClFN7O6S. The molecule has 1 aromatic heterocycles. The third-order valence-corrected chi connectivity index (χ3v) is 12.5. The molecule has 1 unspecified atom stereocenters. The third kappa shape index (κ3) is 10.4. The van der Waals surface area contributed by atoms with E-state index in [1.165, 1.54) is 12.4 Å². The lowest BCUT2D eigenvalue weighted by atomic mass is 10.0. The Kier molecular flexibility index (Phi) is 14.2. The van der Waals surface area contributed by atoms with Gasteiger partial charge in [0, 0.05) is 54.5 Å². The van der Waals surface area contributed by atoms with Gasteiger partial charge in [0.05, 0.1) is 29.9 Å². The van der Waals surface area contributed by atoms with Crippen LogP contribution in [0, 0.1) is 5.82 Å². The second-order valence-corrected chi connectivity index (χ2v) is 16.6. The van der Waals surface area contributed by atoms with Gasteiger partial charge in [-0.1, -0.05) is 49.4 Å². The number of hydrogen-bond donors (Lipinski definition) is 3. The highest BCUT2D eigenvalue weighted by Gasteiger charge is 2.39. The Morgan fingerprint density at radius 2 is 1.76 bits per heavy atom. The summed E-state index contributed by atoms with van der Waals surface area (Å²) >= 11 is 7.74. The summed E-state index contributed by atoms with van der Waals surface area (Å²) in [5, 5.41) is 9.12. The number of carbonyl (C=O) groups excluding carboxylic acids is 4. The smallest absolute Gasteiger partial charge is 0.255 e. The van der Waals surface area contributed by atoms with Crippen LogP contribution in [0.1, 0.15) is 80.1 Å². The number of benzene rings is 3. The topological polar surface area (TPSA) is 155 Å². The number of unbranched alkanes of at least 4 members (excludes halogenated alkanes) is 5. The van der Waals surface area contributed by atoms with Crippen molar-refractivity contribution in [2.75, 3.05) is 44.4 Å². The number of rotatable bonds is 18. The zero-order valence-corrected chi connectivity index (χ0v) is 34.6. The molecule has 312 valence electrons. The summed E-state index contributed by atoms with van der Waals surface area (Å²) in [7, 11) is 1.57. The molecule has 4 aromatic rings. The van der Waals surface area contributed by atoms with Crippen LogP contribution in [-0.4, -0.2) is 94.6 Å². The van der Waals surface area contributed by atoms with E-state index in [9.17, 15) is 23.6 Å². The van der Waals surface area contributed by atoms with Gasteiger partial charge in [0.25, 0.3) is 5.91 Å². The number of likely N-dealkylation sites (tertiary alicyclic amines) is 1. The summed E-state index contributed by atoms with van der Waals surface area (Å²) in [6.45, 7) is 2.86. The largest absolute Gasteiger partial charge is 0.493 e.